The number of ether oxygens (including phenoxy) is 1. The number of fused-ring (bicyclic) bond motifs is 1. The van der Waals surface area contributed by atoms with Gasteiger partial charge in [-0.25, -0.2) is 18.1 Å². The van der Waals surface area contributed by atoms with Gasteiger partial charge in [-0.05, 0) is 52.5 Å². The minimum absolute atomic E-state index is 0.00169. The summed E-state index contributed by atoms with van der Waals surface area (Å²) in [6.07, 6.45) is -0.293. The van der Waals surface area contributed by atoms with Crippen molar-refractivity contribution in [2.45, 2.75) is 80.6 Å². The first-order valence-corrected chi connectivity index (χ1v) is 15.5. The van der Waals surface area contributed by atoms with E-state index in [0.29, 0.717) is 53.4 Å². The summed E-state index contributed by atoms with van der Waals surface area (Å²) >= 11 is 0.396. The summed E-state index contributed by atoms with van der Waals surface area (Å²) in [7, 11) is -2.73. The van der Waals surface area contributed by atoms with Crippen LogP contribution in [0.1, 0.15) is 63.1 Å². The molecule has 41 heavy (non-hydrogen) atoms. The molecule has 16 heteroatoms. The number of piperazine rings is 1. The molecule has 222 valence electrons. The van der Waals surface area contributed by atoms with Crippen molar-refractivity contribution >= 4 is 38.7 Å². The third-order valence-corrected chi connectivity index (χ3v) is 10.2. The van der Waals surface area contributed by atoms with Gasteiger partial charge < -0.3 is 9.64 Å². The molecular formula is C25H30F3N7O4S2. The van der Waals surface area contributed by atoms with Crippen LogP contribution in [0.25, 0.3) is 16.3 Å². The molecule has 6 rings (SSSR count). The Kier molecular flexibility index (Phi) is 6.45. The highest BCUT2D eigenvalue weighted by Gasteiger charge is 2.43. The van der Waals surface area contributed by atoms with Gasteiger partial charge in [-0.3, -0.25) is 14.5 Å². The van der Waals surface area contributed by atoms with Gasteiger partial charge in [-0.2, -0.15) is 13.2 Å². The van der Waals surface area contributed by atoms with E-state index in [2.05, 4.69) is 20.2 Å². The lowest BCUT2D eigenvalue weighted by molar-refractivity contribution is -0.143. The maximum Gasteiger partial charge on any atom is 0.445 e. The first-order chi connectivity index (χ1) is 19.1. The number of aromatic nitrogens is 4. The molecular weight excluding hydrogens is 583 g/mol. The number of halogens is 3. The van der Waals surface area contributed by atoms with Gasteiger partial charge in [0.05, 0.1) is 18.5 Å². The Labute approximate surface area is 238 Å². The molecule has 2 aliphatic carbocycles. The molecule has 4 heterocycles. The molecule has 0 aromatic carbocycles. The number of anilines is 1. The van der Waals surface area contributed by atoms with E-state index < -0.39 is 44.3 Å². The Hall–Kier alpha value is -2.82. The highest BCUT2D eigenvalue weighted by molar-refractivity contribution is 7.89. The molecule has 0 unspecified atom stereocenters. The van der Waals surface area contributed by atoms with Crippen LogP contribution in [0.4, 0.5) is 18.9 Å². The van der Waals surface area contributed by atoms with Crippen molar-refractivity contribution < 1.29 is 31.1 Å². The molecule has 3 aromatic heterocycles. The van der Waals surface area contributed by atoms with E-state index in [9.17, 15) is 26.4 Å². The van der Waals surface area contributed by atoms with Crippen molar-refractivity contribution in [3.63, 3.8) is 0 Å². The number of rotatable bonds is 7. The smallest absolute Gasteiger partial charge is 0.445 e. The fourth-order valence-electron chi connectivity index (χ4n) is 5.24. The third kappa shape index (κ3) is 5.42. The summed E-state index contributed by atoms with van der Waals surface area (Å²) < 4.78 is 76.9. The Morgan fingerprint density at radius 3 is 2.51 bits per heavy atom. The third-order valence-electron chi connectivity index (χ3n) is 7.61. The molecule has 1 aliphatic heterocycles. The predicted octanol–water partition coefficient (Wildman–Crippen LogP) is 3.31. The van der Waals surface area contributed by atoms with Gasteiger partial charge in [0.15, 0.2) is 10.7 Å². The Balaban J connectivity index is 1.57. The van der Waals surface area contributed by atoms with Gasteiger partial charge in [-0.1, -0.05) is 11.3 Å². The Morgan fingerprint density at radius 1 is 1.22 bits per heavy atom. The first kappa shape index (κ1) is 28.3. The quantitative estimate of drug-likeness (QED) is 0.386. The summed E-state index contributed by atoms with van der Waals surface area (Å²) in [5.74, 6) is -0.469. The van der Waals surface area contributed by atoms with Crippen LogP contribution in [0.15, 0.2) is 17.2 Å². The van der Waals surface area contributed by atoms with Crippen LogP contribution in [0.5, 0.6) is 0 Å². The number of nitrogens with zero attached hydrogens (tertiary/aromatic N) is 5. The minimum Gasteiger partial charge on any atom is -0.468 e. The number of alkyl halides is 3. The molecule has 0 spiro atoms. The summed E-state index contributed by atoms with van der Waals surface area (Å²) in [5.41, 5.74) is 0.517. The SMILES string of the molecule is COC(=O)[C@H]1CN(c2cc(S(=O)(=O)NC3(C)CC3)cn3c(-c4nnc(C(F)(F)F)s4)c(C4CC4)nc23)CC(C)(C)N1. The average molecular weight is 614 g/mol. The summed E-state index contributed by atoms with van der Waals surface area (Å²) in [4.78, 5) is 19.2. The highest BCUT2D eigenvalue weighted by Crippen LogP contribution is 2.47. The molecule has 0 radical (unpaired) electrons. The normalized spacial score (nSPS) is 22.2. The molecule has 11 nitrogen and oxygen atoms in total. The molecule has 3 fully saturated rings. The number of hydrogen-bond acceptors (Lipinski definition) is 10. The van der Waals surface area contributed by atoms with Gasteiger partial charge in [0, 0.05) is 36.3 Å². The predicted molar refractivity (Wildman–Crippen MR) is 144 cm³/mol. The minimum atomic E-state index is -4.67. The zero-order valence-electron chi connectivity index (χ0n) is 22.9. The molecule has 2 N–H and O–H groups in total. The van der Waals surface area contributed by atoms with Crippen molar-refractivity contribution in [2.24, 2.45) is 0 Å². The Bertz CT molecular complexity index is 1640. The lowest BCUT2D eigenvalue weighted by Gasteiger charge is -2.43. The number of sulfonamides is 1. The monoisotopic (exact) mass is 613 g/mol. The number of carbonyl (C=O) groups is 1. The maximum absolute atomic E-state index is 13.6. The zero-order chi connectivity index (χ0) is 29.5. The number of carbonyl (C=O) groups excluding carboxylic acids is 1. The number of nitrogens with one attached hydrogen (secondary N) is 2. The standard InChI is InChI=1S/C25H30F3N7O4S2/c1-23(2)12-34(11-15(30-23)21(36)39-4)16-9-14(41(37,38)33-24(3)7-8-24)10-35-18(17(13-5-6-13)29-19(16)35)20-31-32-22(40-20)25(26,27)28/h9-10,13,15,30,33H,5-8,11-12H2,1-4H3/t15-/m1/s1. The van der Waals surface area contributed by atoms with Crippen LogP contribution in [0, 0.1) is 0 Å². The maximum atomic E-state index is 13.6. The van der Waals surface area contributed by atoms with Crippen LogP contribution in [-0.4, -0.2) is 71.3 Å². The second-order valence-corrected chi connectivity index (χ2v) is 14.6. The lowest BCUT2D eigenvalue weighted by Crippen LogP contribution is -2.64. The molecule has 1 atom stereocenters. The second-order valence-electron chi connectivity index (χ2n) is 11.9. The second kappa shape index (κ2) is 9.34. The van der Waals surface area contributed by atoms with Crippen molar-refractivity contribution in [1.29, 1.82) is 0 Å². The fraction of sp³-hybridized carbons (Fsp3) is 0.600. The van der Waals surface area contributed by atoms with E-state index in [1.54, 1.807) is 0 Å². The van der Waals surface area contributed by atoms with Crippen LogP contribution in [-0.2, 0) is 25.7 Å². The number of methoxy groups -OCH3 is 1. The number of esters is 1. The van der Waals surface area contributed by atoms with Gasteiger partial charge in [0.25, 0.3) is 0 Å². The summed E-state index contributed by atoms with van der Waals surface area (Å²) in [5, 5.41) is 9.40. The molecule has 0 bridgehead atoms. The summed E-state index contributed by atoms with van der Waals surface area (Å²) in [6.45, 7) is 6.20. The molecule has 1 saturated heterocycles. The van der Waals surface area contributed by atoms with Gasteiger partial charge in [0.2, 0.25) is 15.0 Å². The number of pyridine rings is 1. The van der Waals surface area contributed by atoms with Crippen LogP contribution in [0.2, 0.25) is 0 Å². The zero-order valence-corrected chi connectivity index (χ0v) is 24.5. The van der Waals surface area contributed by atoms with Gasteiger partial charge in [-0.15, -0.1) is 10.2 Å². The molecule has 3 aromatic rings. The molecule has 3 aliphatic rings. The topological polar surface area (TPSA) is 131 Å². The average Bonchev–Trinajstić information content (AvgIpc) is 3.75. The van der Waals surface area contributed by atoms with Crippen molar-refractivity contribution in [3.05, 3.63) is 23.0 Å². The number of hydrogen-bond donors (Lipinski definition) is 2. The van der Waals surface area contributed by atoms with E-state index in [1.807, 2.05) is 25.7 Å². The molecule has 2 saturated carbocycles. The Morgan fingerprint density at radius 2 is 1.93 bits per heavy atom. The van der Waals surface area contributed by atoms with Crippen molar-refractivity contribution in [2.75, 3.05) is 25.1 Å². The van der Waals surface area contributed by atoms with E-state index in [0.717, 1.165) is 12.8 Å². The largest absolute Gasteiger partial charge is 0.468 e. The van der Waals surface area contributed by atoms with E-state index in [4.69, 9.17) is 9.72 Å². The van der Waals surface area contributed by atoms with Crippen molar-refractivity contribution in [1.82, 2.24) is 29.6 Å². The number of imidazole rings is 1. The van der Waals surface area contributed by atoms with Crippen LogP contribution < -0.4 is 14.9 Å². The lowest BCUT2D eigenvalue weighted by atomic mass is 9.98. The first-order valence-electron chi connectivity index (χ1n) is 13.2. The molecule has 0 amide bonds. The summed E-state index contributed by atoms with van der Waals surface area (Å²) in [6, 6.07) is 0.816. The fourth-order valence-corrected chi connectivity index (χ4v) is 7.49. The van der Waals surface area contributed by atoms with E-state index in [-0.39, 0.29) is 22.4 Å². The highest BCUT2D eigenvalue weighted by atomic mass is 32.2. The van der Waals surface area contributed by atoms with Gasteiger partial charge >= 0.3 is 12.1 Å². The van der Waals surface area contributed by atoms with Crippen LogP contribution in [0.3, 0.4) is 0 Å². The van der Waals surface area contributed by atoms with Gasteiger partial charge in [0.1, 0.15) is 16.6 Å². The van der Waals surface area contributed by atoms with Crippen LogP contribution >= 0.6 is 11.3 Å². The van der Waals surface area contributed by atoms with Crippen molar-refractivity contribution in [3.8, 4) is 10.7 Å². The van der Waals surface area contributed by atoms with E-state index >= 15 is 0 Å². The van der Waals surface area contributed by atoms with E-state index in [1.165, 1.54) is 23.8 Å².